The molecule has 3 rings (SSSR count). The average Bonchev–Trinajstić information content (AvgIpc) is 2.69. The number of hydrogen-bond acceptors (Lipinski definition) is 5. The summed E-state index contributed by atoms with van der Waals surface area (Å²) in [5.41, 5.74) is -0.209. The van der Waals surface area contributed by atoms with Gasteiger partial charge in [-0.2, -0.15) is 0 Å². The second-order valence-electron chi connectivity index (χ2n) is 5.73. The number of unbranched alkanes of at least 4 members (excludes halogenated alkanes) is 1. The highest BCUT2D eigenvalue weighted by Crippen LogP contribution is 2.32. The lowest BCUT2D eigenvalue weighted by atomic mass is 10.1. The zero-order chi connectivity index (χ0) is 18.5. The summed E-state index contributed by atoms with van der Waals surface area (Å²) in [4.78, 5) is 17.2. The summed E-state index contributed by atoms with van der Waals surface area (Å²) in [6.07, 6.45) is 1.61. The molecule has 6 heteroatoms. The van der Waals surface area contributed by atoms with E-state index in [1.165, 1.54) is 0 Å². The van der Waals surface area contributed by atoms with Gasteiger partial charge in [-0.3, -0.25) is 0 Å². The van der Waals surface area contributed by atoms with Gasteiger partial charge in [-0.25, -0.2) is 14.0 Å². The van der Waals surface area contributed by atoms with Crippen molar-refractivity contribution in [1.82, 2.24) is 4.98 Å². The molecular formula is C20H19NO4S. The van der Waals surface area contributed by atoms with Crippen LogP contribution >= 0.6 is 0 Å². The molecule has 0 spiro atoms. The van der Waals surface area contributed by atoms with Crippen LogP contribution in [0.25, 0.3) is 10.8 Å². The van der Waals surface area contributed by atoms with E-state index in [0.717, 1.165) is 12.8 Å². The van der Waals surface area contributed by atoms with E-state index in [9.17, 15) is 14.1 Å². The molecule has 2 aromatic carbocycles. The molecule has 3 aromatic rings. The summed E-state index contributed by atoms with van der Waals surface area (Å²) >= 11 is 0. The summed E-state index contributed by atoms with van der Waals surface area (Å²) in [6, 6.07) is 15.8. The van der Waals surface area contributed by atoms with Gasteiger partial charge in [0.2, 0.25) is 0 Å². The van der Waals surface area contributed by atoms with Crippen LogP contribution in [0.2, 0.25) is 0 Å². The second kappa shape index (κ2) is 8.10. The molecule has 0 bridgehead atoms. The van der Waals surface area contributed by atoms with Crippen molar-refractivity contribution in [3.05, 3.63) is 60.3 Å². The summed E-state index contributed by atoms with van der Waals surface area (Å²) < 4.78 is 18.2. The van der Waals surface area contributed by atoms with E-state index < -0.39 is 16.8 Å². The van der Waals surface area contributed by atoms with Gasteiger partial charge in [0, 0.05) is 15.7 Å². The van der Waals surface area contributed by atoms with E-state index in [-0.39, 0.29) is 23.1 Å². The maximum Gasteiger partial charge on any atom is 0.360 e. The molecule has 0 aliphatic rings. The molecule has 1 atom stereocenters. The lowest BCUT2D eigenvalue weighted by molar-refractivity contribution is 0.0489. The monoisotopic (exact) mass is 369 g/mol. The van der Waals surface area contributed by atoms with Crippen molar-refractivity contribution < 1.29 is 18.8 Å². The highest BCUT2D eigenvalue weighted by Gasteiger charge is 2.23. The van der Waals surface area contributed by atoms with Gasteiger partial charge in [0.15, 0.2) is 11.4 Å². The third-order valence-corrected chi connectivity index (χ3v) is 5.27. The molecular weight excluding hydrogens is 350 g/mol. The Labute approximate surface area is 154 Å². The fraction of sp³-hybridized carbons (Fsp3) is 0.200. The quantitative estimate of drug-likeness (QED) is 0.524. The van der Waals surface area contributed by atoms with Gasteiger partial charge in [0.25, 0.3) is 0 Å². The zero-order valence-corrected chi connectivity index (χ0v) is 15.2. The maximum atomic E-state index is 13.0. The molecule has 1 N–H and O–H groups in total. The van der Waals surface area contributed by atoms with Crippen LogP contribution in [0.1, 0.15) is 30.3 Å². The largest absolute Gasteiger partial charge is 0.505 e. The second-order valence-corrected chi connectivity index (χ2v) is 7.13. The maximum absolute atomic E-state index is 13.0. The number of fused-ring (bicyclic) bond motifs is 1. The summed E-state index contributed by atoms with van der Waals surface area (Å²) in [7, 11) is -1.59. The fourth-order valence-corrected chi connectivity index (χ4v) is 3.71. The van der Waals surface area contributed by atoms with Crippen LogP contribution in [0, 0.1) is 0 Å². The number of carbonyl (C=O) groups is 1. The Balaban J connectivity index is 2.11. The molecule has 0 saturated heterocycles. The molecule has 26 heavy (non-hydrogen) atoms. The molecule has 1 unspecified atom stereocenters. The van der Waals surface area contributed by atoms with Crippen LogP contribution in [0.15, 0.2) is 64.5 Å². The van der Waals surface area contributed by atoms with Crippen molar-refractivity contribution in [3.63, 3.8) is 0 Å². The number of pyridine rings is 1. The van der Waals surface area contributed by atoms with Gasteiger partial charge in [0.05, 0.1) is 6.61 Å². The smallest absolute Gasteiger partial charge is 0.360 e. The zero-order valence-electron chi connectivity index (χ0n) is 14.3. The van der Waals surface area contributed by atoms with Crippen LogP contribution in [-0.2, 0) is 15.5 Å². The van der Waals surface area contributed by atoms with Crippen molar-refractivity contribution in [2.75, 3.05) is 6.61 Å². The number of rotatable bonds is 6. The van der Waals surface area contributed by atoms with Gasteiger partial charge < -0.3 is 9.84 Å². The van der Waals surface area contributed by atoms with Crippen LogP contribution < -0.4 is 0 Å². The number of carbonyl (C=O) groups excluding carboxylic acids is 1. The minimum atomic E-state index is -1.59. The molecule has 0 radical (unpaired) electrons. The lowest BCUT2D eigenvalue weighted by Crippen LogP contribution is -2.11. The van der Waals surface area contributed by atoms with Crippen molar-refractivity contribution in [2.45, 2.75) is 29.7 Å². The van der Waals surface area contributed by atoms with Gasteiger partial charge in [-0.1, -0.05) is 55.8 Å². The molecule has 0 fully saturated rings. The number of benzene rings is 2. The van der Waals surface area contributed by atoms with Gasteiger partial charge in [0.1, 0.15) is 15.8 Å². The minimum Gasteiger partial charge on any atom is -0.505 e. The Hall–Kier alpha value is -2.73. The number of nitrogens with zero attached hydrogens (tertiary/aromatic N) is 1. The van der Waals surface area contributed by atoms with Crippen LogP contribution in [-0.4, -0.2) is 26.9 Å². The van der Waals surface area contributed by atoms with Gasteiger partial charge >= 0.3 is 5.97 Å². The Morgan fingerprint density at radius 3 is 2.42 bits per heavy atom. The van der Waals surface area contributed by atoms with Crippen molar-refractivity contribution in [1.29, 1.82) is 0 Å². The van der Waals surface area contributed by atoms with E-state index in [2.05, 4.69) is 4.98 Å². The number of esters is 1. The van der Waals surface area contributed by atoms with E-state index >= 15 is 0 Å². The van der Waals surface area contributed by atoms with Crippen LogP contribution in [0.4, 0.5) is 0 Å². The predicted molar refractivity (Wildman–Crippen MR) is 99.7 cm³/mol. The molecule has 0 aliphatic carbocycles. The molecule has 1 heterocycles. The number of hydrogen-bond donors (Lipinski definition) is 1. The molecule has 0 aliphatic heterocycles. The van der Waals surface area contributed by atoms with Gasteiger partial charge in [-0.05, 0) is 18.6 Å². The van der Waals surface area contributed by atoms with Crippen LogP contribution in [0.5, 0.6) is 5.75 Å². The van der Waals surface area contributed by atoms with E-state index in [1.54, 1.807) is 48.5 Å². The number of aromatic hydroxyl groups is 1. The molecule has 134 valence electrons. The van der Waals surface area contributed by atoms with E-state index in [1.807, 2.05) is 13.0 Å². The lowest BCUT2D eigenvalue weighted by Gasteiger charge is -2.11. The van der Waals surface area contributed by atoms with E-state index in [4.69, 9.17) is 4.74 Å². The Morgan fingerprint density at radius 1 is 1.08 bits per heavy atom. The predicted octanol–water partition coefficient (Wildman–Crippen LogP) is 4.06. The number of ether oxygens (including phenoxy) is 1. The first-order valence-corrected chi connectivity index (χ1v) is 9.54. The normalized spacial score (nSPS) is 12.0. The molecule has 1 aromatic heterocycles. The Bertz CT molecular complexity index is 957. The first kappa shape index (κ1) is 18.1. The standard InChI is InChI=1S/C20H19NO4S/c1-2-3-13-25-20(23)17-18(22)15-11-7-8-12-16(15)19(21-17)26(24)14-9-5-4-6-10-14/h4-12,22H,2-3,13H2,1H3. The summed E-state index contributed by atoms with van der Waals surface area (Å²) in [5, 5.41) is 11.7. The first-order valence-electron chi connectivity index (χ1n) is 8.39. The SMILES string of the molecule is CCCCOC(=O)c1nc(S(=O)c2ccccc2)c2ccccc2c1O. The van der Waals surface area contributed by atoms with Gasteiger partial charge in [-0.15, -0.1) is 0 Å². The van der Waals surface area contributed by atoms with Crippen LogP contribution in [0.3, 0.4) is 0 Å². The third-order valence-electron chi connectivity index (χ3n) is 3.91. The Morgan fingerprint density at radius 2 is 1.73 bits per heavy atom. The van der Waals surface area contributed by atoms with E-state index in [0.29, 0.717) is 15.7 Å². The highest BCUT2D eigenvalue weighted by molar-refractivity contribution is 7.85. The number of aromatic nitrogens is 1. The van der Waals surface area contributed by atoms with Crippen molar-refractivity contribution >= 4 is 27.5 Å². The minimum absolute atomic E-state index is 0.209. The average molecular weight is 369 g/mol. The summed E-state index contributed by atoms with van der Waals surface area (Å²) in [5.74, 6) is -0.969. The van der Waals surface area contributed by atoms with Crippen molar-refractivity contribution in [2.24, 2.45) is 0 Å². The first-order chi connectivity index (χ1) is 12.6. The third kappa shape index (κ3) is 3.60. The molecule has 5 nitrogen and oxygen atoms in total. The highest BCUT2D eigenvalue weighted by atomic mass is 32.2. The van der Waals surface area contributed by atoms with Crippen molar-refractivity contribution in [3.8, 4) is 5.75 Å². The topological polar surface area (TPSA) is 76.5 Å². The summed E-state index contributed by atoms with van der Waals surface area (Å²) in [6.45, 7) is 2.24. The Kier molecular flexibility index (Phi) is 5.63. The fourth-order valence-electron chi connectivity index (χ4n) is 2.54. The molecule has 0 saturated carbocycles. The molecule has 0 amide bonds.